The second kappa shape index (κ2) is 3.92. The Morgan fingerprint density at radius 1 is 1.50 bits per heavy atom. The number of rotatable bonds is 2. The first-order valence-electron chi connectivity index (χ1n) is 3.75. The van der Waals surface area contributed by atoms with Crippen LogP contribution < -0.4 is 0 Å². The van der Waals surface area contributed by atoms with Crippen molar-refractivity contribution in [3.05, 3.63) is 28.3 Å². The van der Waals surface area contributed by atoms with E-state index in [9.17, 15) is 13.6 Å². The molecule has 1 N–H and O–H groups in total. The largest absolute Gasteiger partial charge is 0.506 e. The Labute approximate surface area is 84.1 Å². The molecule has 0 radical (unpaired) electrons. The highest BCUT2D eigenvalue weighted by molar-refractivity contribution is 6.35. The van der Waals surface area contributed by atoms with Crippen LogP contribution in [0.25, 0.3) is 0 Å². The monoisotopic (exact) mass is 220 g/mol. The van der Waals surface area contributed by atoms with Crippen molar-refractivity contribution in [1.82, 2.24) is 0 Å². The zero-order chi connectivity index (χ0) is 10.9. The van der Waals surface area contributed by atoms with Crippen molar-refractivity contribution in [2.75, 3.05) is 0 Å². The van der Waals surface area contributed by atoms with Crippen molar-refractivity contribution in [2.24, 2.45) is 0 Å². The van der Waals surface area contributed by atoms with Gasteiger partial charge in [-0.3, -0.25) is 4.79 Å². The van der Waals surface area contributed by atoms with E-state index < -0.39 is 17.8 Å². The summed E-state index contributed by atoms with van der Waals surface area (Å²) in [5.74, 6) is -0.970. The molecule has 76 valence electrons. The van der Waals surface area contributed by atoms with Crippen LogP contribution in [0.5, 0.6) is 5.75 Å². The molecule has 0 bridgehead atoms. The van der Waals surface area contributed by atoms with Crippen molar-refractivity contribution >= 4 is 17.4 Å². The molecule has 5 heteroatoms. The molecule has 0 aromatic heterocycles. The Hall–Kier alpha value is -1.16. The van der Waals surface area contributed by atoms with Crippen molar-refractivity contribution in [3.8, 4) is 5.75 Å². The van der Waals surface area contributed by atoms with E-state index in [2.05, 4.69) is 0 Å². The summed E-state index contributed by atoms with van der Waals surface area (Å²) in [6.07, 6.45) is -2.79. The van der Waals surface area contributed by atoms with Crippen LogP contribution in [0, 0.1) is 0 Å². The quantitative estimate of drug-likeness (QED) is 0.778. The maximum atomic E-state index is 12.4. The average Bonchev–Trinajstić information content (AvgIpc) is 2.08. The number of hydrogen-bond donors (Lipinski definition) is 1. The topological polar surface area (TPSA) is 37.3 Å². The number of carbonyl (C=O) groups is 1. The Morgan fingerprint density at radius 2 is 2.07 bits per heavy atom. The smallest absolute Gasteiger partial charge is 0.264 e. The minimum absolute atomic E-state index is 0.318. The van der Waals surface area contributed by atoms with E-state index in [-0.39, 0.29) is 16.3 Å². The Kier molecular flexibility index (Phi) is 3.06. The molecule has 14 heavy (non-hydrogen) atoms. The third kappa shape index (κ3) is 1.85. The molecule has 1 aromatic rings. The molecule has 2 nitrogen and oxygen atoms in total. The van der Waals surface area contributed by atoms with Crippen LogP contribution in [0.15, 0.2) is 12.1 Å². The third-order valence-electron chi connectivity index (χ3n) is 1.74. The fourth-order valence-corrected chi connectivity index (χ4v) is 1.42. The maximum Gasteiger partial charge on any atom is 0.264 e. The second-order valence-electron chi connectivity index (χ2n) is 2.72. The summed E-state index contributed by atoms with van der Waals surface area (Å²) in [7, 11) is 0. The van der Waals surface area contributed by atoms with Gasteiger partial charge >= 0.3 is 0 Å². The first-order valence-corrected chi connectivity index (χ1v) is 4.13. The molecule has 0 fully saturated rings. The van der Waals surface area contributed by atoms with E-state index in [1.54, 1.807) is 0 Å². The summed E-state index contributed by atoms with van der Waals surface area (Å²) in [6, 6.07) is 2.03. The minimum Gasteiger partial charge on any atom is -0.506 e. The number of benzene rings is 1. The lowest BCUT2D eigenvalue weighted by Crippen LogP contribution is -2.01. The average molecular weight is 221 g/mol. The molecule has 0 heterocycles. The van der Waals surface area contributed by atoms with E-state index in [1.807, 2.05) is 0 Å². The zero-order valence-electron chi connectivity index (χ0n) is 7.22. The van der Waals surface area contributed by atoms with Gasteiger partial charge in [-0.2, -0.15) is 0 Å². The number of ketones is 1. The number of phenolic OH excluding ortho intramolecular Hbond substituents is 1. The van der Waals surface area contributed by atoms with Crippen molar-refractivity contribution in [3.63, 3.8) is 0 Å². The summed E-state index contributed by atoms with van der Waals surface area (Å²) >= 11 is 5.53. The van der Waals surface area contributed by atoms with Crippen LogP contribution >= 0.6 is 11.6 Å². The number of phenols is 1. The van der Waals surface area contributed by atoms with Crippen LogP contribution in [0.2, 0.25) is 5.02 Å². The van der Waals surface area contributed by atoms with E-state index in [1.165, 1.54) is 0 Å². The maximum absolute atomic E-state index is 12.4. The standard InChI is InChI=1S/C9H7ClF2O2/c1-4(13)7-5(9(11)12)2-3-6(14)8(7)10/h2-3,9,14H,1H3. The van der Waals surface area contributed by atoms with Gasteiger partial charge in [0.1, 0.15) is 5.75 Å². The molecule has 0 spiro atoms. The van der Waals surface area contributed by atoms with Crippen LogP contribution in [-0.2, 0) is 0 Å². The summed E-state index contributed by atoms with van der Waals surface area (Å²) < 4.78 is 24.8. The van der Waals surface area contributed by atoms with E-state index in [0.717, 1.165) is 19.1 Å². The number of carbonyl (C=O) groups excluding carboxylic acids is 1. The highest BCUT2D eigenvalue weighted by Crippen LogP contribution is 2.34. The van der Waals surface area contributed by atoms with Crippen molar-refractivity contribution < 1.29 is 18.7 Å². The second-order valence-corrected chi connectivity index (χ2v) is 3.10. The highest BCUT2D eigenvalue weighted by atomic mass is 35.5. The van der Waals surface area contributed by atoms with Crippen LogP contribution in [0.4, 0.5) is 8.78 Å². The Bertz CT molecular complexity index is 377. The summed E-state index contributed by atoms with van der Waals surface area (Å²) in [5, 5.41) is 8.80. The summed E-state index contributed by atoms with van der Waals surface area (Å²) in [6.45, 7) is 1.12. The molecule has 0 saturated carbocycles. The van der Waals surface area contributed by atoms with E-state index in [0.29, 0.717) is 0 Å². The van der Waals surface area contributed by atoms with Gasteiger partial charge in [-0.05, 0) is 19.1 Å². The molecule has 0 unspecified atom stereocenters. The van der Waals surface area contributed by atoms with Gasteiger partial charge in [-0.25, -0.2) is 8.78 Å². The molecule has 0 aliphatic heterocycles. The van der Waals surface area contributed by atoms with E-state index in [4.69, 9.17) is 16.7 Å². The van der Waals surface area contributed by atoms with E-state index >= 15 is 0 Å². The summed E-state index contributed by atoms with van der Waals surface area (Å²) in [5.41, 5.74) is -0.776. The third-order valence-corrected chi connectivity index (χ3v) is 2.12. The van der Waals surface area contributed by atoms with Crippen LogP contribution in [-0.4, -0.2) is 10.9 Å². The molecule has 0 atom stereocenters. The van der Waals surface area contributed by atoms with Gasteiger partial charge in [0.2, 0.25) is 0 Å². The molecule has 0 amide bonds. The zero-order valence-corrected chi connectivity index (χ0v) is 7.98. The lowest BCUT2D eigenvalue weighted by atomic mass is 10.0. The molecule has 1 rings (SSSR count). The number of halogens is 3. The first-order chi connectivity index (χ1) is 6.45. The molecular formula is C9H7ClF2O2. The van der Waals surface area contributed by atoms with Gasteiger partial charge in [0.25, 0.3) is 6.43 Å². The lowest BCUT2D eigenvalue weighted by molar-refractivity contribution is 0.0998. The van der Waals surface area contributed by atoms with Crippen molar-refractivity contribution in [1.29, 1.82) is 0 Å². The Morgan fingerprint density at radius 3 is 2.50 bits per heavy atom. The Balaban J connectivity index is 3.45. The van der Waals surface area contributed by atoms with Gasteiger partial charge in [0, 0.05) is 11.1 Å². The molecular weight excluding hydrogens is 214 g/mol. The van der Waals surface area contributed by atoms with Gasteiger partial charge in [0.05, 0.1) is 5.02 Å². The number of hydrogen-bond acceptors (Lipinski definition) is 2. The van der Waals surface area contributed by atoms with Crippen molar-refractivity contribution in [2.45, 2.75) is 13.3 Å². The SMILES string of the molecule is CC(=O)c1c(C(F)F)ccc(O)c1Cl. The normalized spacial score (nSPS) is 10.6. The fraction of sp³-hybridized carbons (Fsp3) is 0.222. The van der Waals surface area contributed by atoms with Gasteiger partial charge in [0.15, 0.2) is 5.78 Å². The van der Waals surface area contributed by atoms with Gasteiger partial charge in [-0.15, -0.1) is 0 Å². The van der Waals surface area contributed by atoms with Gasteiger partial charge < -0.3 is 5.11 Å². The molecule has 1 aromatic carbocycles. The van der Waals surface area contributed by atoms with Crippen LogP contribution in [0.1, 0.15) is 29.3 Å². The fourth-order valence-electron chi connectivity index (χ4n) is 1.12. The number of aromatic hydroxyl groups is 1. The first kappa shape index (κ1) is 10.9. The highest BCUT2D eigenvalue weighted by Gasteiger charge is 2.20. The predicted octanol–water partition coefficient (Wildman–Crippen LogP) is 3.19. The molecule has 0 aliphatic rings. The van der Waals surface area contributed by atoms with Gasteiger partial charge in [-0.1, -0.05) is 11.6 Å². The lowest BCUT2D eigenvalue weighted by Gasteiger charge is -2.08. The minimum atomic E-state index is -2.79. The van der Waals surface area contributed by atoms with Crippen LogP contribution in [0.3, 0.4) is 0 Å². The molecule has 0 saturated heterocycles. The number of Topliss-reactive ketones (excluding diaryl/α,β-unsaturated/α-hetero) is 1. The molecule has 0 aliphatic carbocycles. The predicted molar refractivity (Wildman–Crippen MR) is 48.1 cm³/mol. The number of alkyl halides is 2. The summed E-state index contributed by atoms with van der Waals surface area (Å²) in [4.78, 5) is 11.0.